The molecular formula is C17H19N5S. The van der Waals surface area contributed by atoms with Crippen LogP contribution in [0.3, 0.4) is 0 Å². The number of thiophene rings is 1. The highest BCUT2D eigenvalue weighted by Crippen LogP contribution is 2.33. The fourth-order valence-electron chi connectivity index (χ4n) is 2.20. The van der Waals surface area contributed by atoms with E-state index >= 15 is 0 Å². The first-order valence-electron chi connectivity index (χ1n) is 7.44. The van der Waals surface area contributed by atoms with Crippen LogP contribution in [0.1, 0.15) is 0 Å². The molecule has 5 nitrogen and oxygen atoms in total. The SMILES string of the molecule is CN(C)CCNc1ncc(-c2ccncc2)c(-c2cccs2)n1. The summed E-state index contributed by atoms with van der Waals surface area (Å²) < 4.78 is 0. The Bertz CT molecular complexity index is 741. The fourth-order valence-corrected chi connectivity index (χ4v) is 2.93. The molecule has 0 atom stereocenters. The molecule has 0 aliphatic carbocycles. The molecule has 0 saturated carbocycles. The van der Waals surface area contributed by atoms with Crippen LogP contribution in [-0.4, -0.2) is 47.0 Å². The number of rotatable bonds is 6. The van der Waals surface area contributed by atoms with Gasteiger partial charge in [-0.15, -0.1) is 11.3 Å². The second kappa shape index (κ2) is 7.30. The molecule has 23 heavy (non-hydrogen) atoms. The summed E-state index contributed by atoms with van der Waals surface area (Å²) in [6.45, 7) is 1.75. The Balaban J connectivity index is 1.94. The van der Waals surface area contributed by atoms with E-state index in [0.29, 0.717) is 5.95 Å². The van der Waals surface area contributed by atoms with Gasteiger partial charge in [-0.25, -0.2) is 9.97 Å². The molecule has 0 saturated heterocycles. The molecule has 6 heteroatoms. The van der Waals surface area contributed by atoms with Gasteiger partial charge in [0.05, 0.1) is 10.6 Å². The lowest BCUT2D eigenvalue weighted by molar-refractivity contribution is 0.425. The standard InChI is InChI=1S/C17H19N5S/c1-22(2)10-9-19-17-20-12-14(13-5-7-18-8-6-13)16(21-17)15-4-3-11-23-15/h3-8,11-12H,9-10H2,1-2H3,(H,19,20,21). The topological polar surface area (TPSA) is 53.9 Å². The van der Waals surface area contributed by atoms with Gasteiger partial charge in [-0.1, -0.05) is 6.07 Å². The molecule has 1 N–H and O–H groups in total. The maximum Gasteiger partial charge on any atom is 0.223 e. The van der Waals surface area contributed by atoms with Crippen LogP contribution in [0, 0.1) is 0 Å². The predicted molar refractivity (Wildman–Crippen MR) is 95.6 cm³/mol. The van der Waals surface area contributed by atoms with E-state index in [0.717, 1.165) is 34.8 Å². The minimum atomic E-state index is 0.660. The molecule has 118 valence electrons. The van der Waals surface area contributed by atoms with Gasteiger partial charge < -0.3 is 10.2 Å². The second-order valence-corrected chi connectivity index (χ2v) is 6.35. The van der Waals surface area contributed by atoms with E-state index < -0.39 is 0 Å². The number of likely N-dealkylation sites (N-methyl/N-ethyl adjacent to an activating group) is 1. The van der Waals surface area contributed by atoms with Crippen molar-refractivity contribution in [2.75, 3.05) is 32.5 Å². The Morgan fingerprint density at radius 1 is 1.17 bits per heavy atom. The van der Waals surface area contributed by atoms with Crippen LogP contribution in [0.15, 0.2) is 48.2 Å². The molecule has 0 unspecified atom stereocenters. The van der Waals surface area contributed by atoms with Crippen molar-refractivity contribution in [3.63, 3.8) is 0 Å². The first-order chi connectivity index (χ1) is 11.2. The lowest BCUT2D eigenvalue weighted by Gasteiger charge is -2.12. The average Bonchev–Trinajstić information content (AvgIpc) is 3.10. The zero-order valence-electron chi connectivity index (χ0n) is 13.2. The molecule has 0 amide bonds. The van der Waals surface area contributed by atoms with Gasteiger partial charge in [0.25, 0.3) is 0 Å². The largest absolute Gasteiger partial charge is 0.353 e. The molecule has 3 heterocycles. The van der Waals surface area contributed by atoms with Gasteiger partial charge in [0.2, 0.25) is 5.95 Å². The summed E-state index contributed by atoms with van der Waals surface area (Å²) in [5.74, 6) is 0.660. The molecule has 3 rings (SSSR count). The smallest absolute Gasteiger partial charge is 0.223 e. The van der Waals surface area contributed by atoms with Crippen molar-refractivity contribution in [2.24, 2.45) is 0 Å². The van der Waals surface area contributed by atoms with Crippen molar-refractivity contribution in [3.05, 3.63) is 48.2 Å². The van der Waals surface area contributed by atoms with Gasteiger partial charge in [0.1, 0.15) is 0 Å². The van der Waals surface area contributed by atoms with E-state index in [4.69, 9.17) is 4.98 Å². The van der Waals surface area contributed by atoms with Gasteiger partial charge >= 0.3 is 0 Å². The van der Waals surface area contributed by atoms with E-state index in [9.17, 15) is 0 Å². The van der Waals surface area contributed by atoms with Crippen LogP contribution >= 0.6 is 11.3 Å². The van der Waals surface area contributed by atoms with Crippen LogP contribution in [0.4, 0.5) is 5.95 Å². The van der Waals surface area contributed by atoms with E-state index in [1.807, 2.05) is 38.5 Å². The normalized spacial score (nSPS) is 10.9. The molecule has 0 fully saturated rings. The minimum Gasteiger partial charge on any atom is -0.353 e. The summed E-state index contributed by atoms with van der Waals surface area (Å²) in [5.41, 5.74) is 3.05. The van der Waals surface area contributed by atoms with Crippen molar-refractivity contribution in [1.29, 1.82) is 0 Å². The zero-order chi connectivity index (χ0) is 16.1. The highest BCUT2D eigenvalue weighted by Gasteiger charge is 2.12. The summed E-state index contributed by atoms with van der Waals surface area (Å²) in [6.07, 6.45) is 5.46. The highest BCUT2D eigenvalue weighted by molar-refractivity contribution is 7.13. The lowest BCUT2D eigenvalue weighted by Crippen LogP contribution is -2.21. The Hall–Kier alpha value is -2.31. The molecule has 3 aromatic rings. The Kier molecular flexibility index (Phi) is 4.95. The third-order valence-electron chi connectivity index (χ3n) is 3.38. The molecule has 0 bridgehead atoms. The number of anilines is 1. The maximum absolute atomic E-state index is 4.74. The molecule has 0 radical (unpaired) electrons. The first kappa shape index (κ1) is 15.6. The molecule has 0 aliphatic rings. The number of hydrogen-bond acceptors (Lipinski definition) is 6. The predicted octanol–water partition coefficient (Wildman–Crippen LogP) is 3.24. The monoisotopic (exact) mass is 325 g/mol. The summed E-state index contributed by atoms with van der Waals surface area (Å²) in [4.78, 5) is 16.5. The quantitative estimate of drug-likeness (QED) is 0.754. The Morgan fingerprint density at radius 3 is 2.70 bits per heavy atom. The fraction of sp³-hybridized carbons (Fsp3) is 0.235. The number of nitrogens with zero attached hydrogens (tertiary/aromatic N) is 4. The number of hydrogen-bond donors (Lipinski definition) is 1. The van der Waals surface area contributed by atoms with Crippen molar-refractivity contribution in [3.8, 4) is 21.7 Å². The van der Waals surface area contributed by atoms with Crippen molar-refractivity contribution in [2.45, 2.75) is 0 Å². The molecule has 0 spiro atoms. The second-order valence-electron chi connectivity index (χ2n) is 5.40. The van der Waals surface area contributed by atoms with Crippen molar-refractivity contribution >= 4 is 17.3 Å². The number of aromatic nitrogens is 3. The van der Waals surface area contributed by atoms with Crippen LogP contribution in [0.25, 0.3) is 21.7 Å². The highest BCUT2D eigenvalue weighted by atomic mass is 32.1. The van der Waals surface area contributed by atoms with E-state index in [1.54, 1.807) is 23.7 Å². The van der Waals surface area contributed by atoms with Gasteiger partial charge in [-0.05, 0) is 43.2 Å². The Morgan fingerprint density at radius 2 is 2.00 bits per heavy atom. The van der Waals surface area contributed by atoms with E-state index in [1.165, 1.54) is 0 Å². The van der Waals surface area contributed by atoms with Gasteiger partial charge in [0, 0.05) is 37.2 Å². The third-order valence-corrected chi connectivity index (χ3v) is 4.25. The number of pyridine rings is 1. The van der Waals surface area contributed by atoms with Crippen molar-refractivity contribution < 1.29 is 0 Å². The minimum absolute atomic E-state index is 0.660. The summed E-state index contributed by atoms with van der Waals surface area (Å²) >= 11 is 1.68. The summed E-state index contributed by atoms with van der Waals surface area (Å²) in [6, 6.07) is 8.09. The molecule has 0 aliphatic heterocycles. The van der Waals surface area contributed by atoms with Crippen LogP contribution < -0.4 is 5.32 Å². The van der Waals surface area contributed by atoms with Gasteiger partial charge in [-0.2, -0.15) is 0 Å². The third kappa shape index (κ3) is 3.91. The molecular weight excluding hydrogens is 306 g/mol. The first-order valence-corrected chi connectivity index (χ1v) is 8.32. The number of nitrogens with one attached hydrogen (secondary N) is 1. The van der Waals surface area contributed by atoms with Crippen molar-refractivity contribution in [1.82, 2.24) is 19.9 Å². The Labute approximate surface area is 140 Å². The lowest BCUT2D eigenvalue weighted by atomic mass is 10.1. The molecule has 0 aromatic carbocycles. The van der Waals surface area contributed by atoms with Crippen LogP contribution in [0.5, 0.6) is 0 Å². The summed E-state index contributed by atoms with van der Waals surface area (Å²) in [7, 11) is 4.10. The van der Waals surface area contributed by atoms with E-state index in [-0.39, 0.29) is 0 Å². The van der Waals surface area contributed by atoms with Crippen LogP contribution in [0.2, 0.25) is 0 Å². The van der Waals surface area contributed by atoms with Gasteiger partial charge in [0.15, 0.2) is 0 Å². The molecule has 3 aromatic heterocycles. The summed E-state index contributed by atoms with van der Waals surface area (Å²) in [5, 5.41) is 5.35. The average molecular weight is 325 g/mol. The maximum atomic E-state index is 4.74. The zero-order valence-corrected chi connectivity index (χ0v) is 14.0. The van der Waals surface area contributed by atoms with Crippen LogP contribution in [-0.2, 0) is 0 Å². The van der Waals surface area contributed by atoms with E-state index in [2.05, 4.69) is 31.6 Å². The van der Waals surface area contributed by atoms with Gasteiger partial charge in [-0.3, -0.25) is 4.98 Å².